The van der Waals surface area contributed by atoms with Crippen molar-refractivity contribution in [3.05, 3.63) is 12.2 Å². The number of carbonyl (C=O) groups is 3. The number of ether oxygens (including phenoxy) is 2. The third kappa shape index (κ3) is 2.93. The van der Waals surface area contributed by atoms with Crippen molar-refractivity contribution in [2.75, 3.05) is 13.2 Å². The highest BCUT2D eigenvalue weighted by Crippen LogP contribution is 2.30. The predicted octanol–water partition coefficient (Wildman–Crippen LogP) is 1.02. The molecule has 0 aromatic heterocycles. The Kier molecular flexibility index (Phi) is 4.04. The Morgan fingerprint density at radius 1 is 1.53 bits per heavy atom. The molecule has 0 saturated carbocycles. The zero-order valence-corrected chi connectivity index (χ0v) is 10.1. The number of rotatable bonds is 4. The highest BCUT2D eigenvalue weighted by molar-refractivity contribution is 6.05. The van der Waals surface area contributed by atoms with Gasteiger partial charge < -0.3 is 9.47 Å². The van der Waals surface area contributed by atoms with Crippen molar-refractivity contribution in [3.8, 4) is 0 Å². The van der Waals surface area contributed by atoms with Gasteiger partial charge in [0.05, 0.1) is 6.61 Å². The SMILES string of the molecule is C=C(C)C(=O)OCC(=O)C1(C)CCCOC1=O. The molecule has 1 fully saturated rings. The summed E-state index contributed by atoms with van der Waals surface area (Å²) in [6.45, 7) is 6.33. The van der Waals surface area contributed by atoms with Crippen molar-refractivity contribution in [2.45, 2.75) is 26.7 Å². The highest BCUT2D eigenvalue weighted by atomic mass is 16.5. The van der Waals surface area contributed by atoms with E-state index in [1.54, 1.807) is 0 Å². The van der Waals surface area contributed by atoms with E-state index in [1.165, 1.54) is 13.8 Å². The molecule has 0 aliphatic carbocycles. The van der Waals surface area contributed by atoms with Gasteiger partial charge in [-0.05, 0) is 26.7 Å². The van der Waals surface area contributed by atoms with E-state index in [2.05, 4.69) is 6.58 Å². The van der Waals surface area contributed by atoms with Crippen molar-refractivity contribution in [2.24, 2.45) is 5.41 Å². The molecule has 0 spiro atoms. The number of hydrogen-bond acceptors (Lipinski definition) is 5. The second-order valence-electron chi connectivity index (χ2n) is 4.35. The smallest absolute Gasteiger partial charge is 0.333 e. The molecule has 17 heavy (non-hydrogen) atoms. The lowest BCUT2D eigenvalue weighted by Gasteiger charge is -2.29. The van der Waals surface area contributed by atoms with Gasteiger partial charge in [-0.1, -0.05) is 6.58 Å². The molecule has 1 heterocycles. The second kappa shape index (κ2) is 5.12. The lowest BCUT2D eigenvalue weighted by atomic mass is 9.80. The molecule has 94 valence electrons. The molecular formula is C12H16O5. The van der Waals surface area contributed by atoms with Gasteiger partial charge in [-0.3, -0.25) is 9.59 Å². The minimum Gasteiger partial charge on any atom is -0.465 e. The van der Waals surface area contributed by atoms with Crippen molar-refractivity contribution in [1.29, 1.82) is 0 Å². The Bertz CT molecular complexity index is 371. The molecule has 1 aliphatic rings. The maximum absolute atomic E-state index is 11.8. The Labute approximate surface area is 99.8 Å². The number of ketones is 1. The molecule has 5 nitrogen and oxygen atoms in total. The fourth-order valence-electron chi connectivity index (χ4n) is 1.52. The van der Waals surface area contributed by atoms with Crippen molar-refractivity contribution >= 4 is 17.7 Å². The molecule has 1 saturated heterocycles. The van der Waals surface area contributed by atoms with Crippen LogP contribution in [0.4, 0.5) is 0 Å². The maximum atomic E-state index is 11.8. The van der Waals surface area contributed by atoms with E-state index in [9.17, 15) is 14.4 Å². The van der Waals surface area contributed by atoms with Crippen LogP contribution in [0.3, 0.4) is 0 Å². The monoisotopic (exact) mass is 240 g/mol. The zero-order valence-electron chi connectivity index (χ0n) is 10.1. The average molecular weight is 240 g/mol. The van der Waals surface area contributed by atoms with Crippen LogP contribution >= 0.6 is 0 Å². The van der Waals surface area contributed by atoms with Crippen molar-refractivity contribution in [1.82, 2.24) is 0 Å². The van der Waals surface area contributed by atoms with Gasteiger partial charge in [0, 0.05) is 5.57 Å². The number of carbonyl (C=O) groups excluding carboxylic acids is 3. The summed E-state index contributed by atoms with van der Waals surface area (Å²) in [6.07, 6.45) is 1.07. The van der Waals surface area contributed by atoms with E-state index >= 15 is 0 Å². The molecule has 0 radical (unpaired) electrons. The number of esters is 2. The first kappa shape index (κ1) is 13.4. The molecule has 1 aliphatic heterocycles. The van der Waals surface area contributed by atoms with Gasteiger partial charge in [0.15, 0.2) is 12.4 Å². The van der Waals surface area contributed by atoms with Crippen LogP contribution in [0.25, 0.3) is 0 Å². The van der Waals surface area contributed by atoms with E-state index < -0.39 is 29.7 Å². The zero-order chi connectivity index (χ0) is 13.1. The Morgan fingerprint density at radius 2 is 2.18 bits per heavy atom. The summed E-state index contributed by atoms with van der Waals surface area (Å²) >= 11 is 0. The Morgan fingerprint density at radius 3 is 2.71 bits per heavy atom. The molecular weight excluding hydrogens is 224 g/mol. The molecule has 0 amide bonds. The topological polar surface area (TPSA) is 69.7 Å². The van der Waals surface area contributed by atoms with Gasteiger partial charge in [-0.25, -0.2) is 4.79 Å². The van der Waals surface area contributed by atoms with E-state index in [0.717, 1.165) is 0 Å². The first-order valence-electron chi connectivity index (χ1n) is 5.41. The summed E-state index contributed by atoms with van der Waals surface area (Å²) in [5, 5.41) is 0. The van der Waals surface area contributed by atoms with Crippen LogP contribution in [0.5, 0.6) is 0 Å². The Hall–Kier alpha value is -1.65. The molecule has 0 aromatic rings. The van der Waals surface area contributed by atoms with E-state index in [1.807, 2.05) is 0 Å². The summed E-state index contributed by atoms with van der Waals surface area (Å²) in [6, 6.07) is 0. The van der Waals surface area contributed by atoms with Gasteiger partial charge in [-0.2, -0.15) is 0 Å². The fraction of sp³-hybridized carbons (Fsp3) is 0.583. The van der Waals surface area contributed by atoms with Crippen LogP contribution in [0, 0.1) is 5.41 Å². The first-order chi connectivity index (χ1) is 7.88. The summed E-state index contributed by atoms with van der Waals surface area (Å²) in [4.78, 5) is 34.5. The predicted molar refractivity (Wildman–Crippen MR) is 59.1 cm³/mol. The molecule has 1 rings (SSSR count). The summed E-state index contributed by atoms with van der Waals surface area (Å²) < 4.78 is 9.59. The maximum Gasteiger partial charge on any atom is 0.333 e. The minimum absolute atomic E-state index is 0.217. The quantitative estimate of drug-likeness (QED) is 0.417. The summed E-state index contributed by atoms with van der Waals surface area (Å²) in [5.74, 6) is -1.61. The third-order valence-corrected chi connectivity index (χ3v) is 2.80. The van der Waals surface area contributed by atoms with Crippen molar-refractivity contribution in [3.63, 3.8) is 0 Å². The van der Waals surface area contributed by atoms with Crippen LogP contribution < -0.4 is 0 Å². The third-order valence-electron chi connectivity index (χ3n) is 2.80. The van der Waals surface area contributed by atoms with Gasteiger partial charge in [-0.15, -0.1) is 0 Å². The largest absolute Gasteiger partial charge is 0.465 e. The van der Waals surface area contributed by atoms with Gasteiger partial charge in [0.2, 0.25) is 0 Å². The molecule has 1 unspecified atom stereocenters. The van der Waals surface area contributed by atoms with E-state index in [-0.39, 0.29) is 5.57 Å². The van der Waals surface area contributed by atoms with Crippen LogP contribution in [0.2, 0.25) is 0 Å². The van der Waals surface area contributed by atoms with Crippen LogP contribution in [-0.4, -0.2) is 30.9 Å². The lowest BCUT2D eigenvalue weighted by Crippen LogP contribution is -2.43. The van der Waals surface area contributed by atoms with Crippen molar-refractivity contribution < 1.29 is 23.9 Å². The van der Waals surface area contributed by atoms with Crippen LogP contribution in [0.1, 0.15) is 26.7 Å². The van der Waals surface area contributed by atoms with Gasteiger partial charge in [0.1, 0.15) is 5.41 Å². The summed E-state index contributed by atoms with van der Waals surface area (Å²) in [7, 11) is 0. The van der Waals surface area contributed by atoms with E-state index in [4.69, 9.17) is 9.47 Å². The second-order valence-corrected chi connectivity index (χ2v) is 4.35. The molecule has 0 N–H and O–H groups in total. The molecule has 0 aromatic carbocycles. The fourth-order valence-corrected chi connectivity index (χ4v) is 1.52. The number of Topliss-reactive ketones (excluding diaryl/α,β-unsaturated/α-hetero) is 1. The standard InChI is InChI=1S/C12H16O5/c1-8(2)10(14)17-7-9(13)12(3)5-4-6-16-11(12)15/h1,4-7H2,2-3H3. The normalized spacial score (nSPS) is 23.8. The lowest BCUT2D eigenvalue weighted by molar-refractivity contribution is -0.168. The molecule has 0 bridgehead atoms. The van der Waals surface area contributed by atoms with Gasteiger partial charge in [0.25, 0.3) is 0 Å². The Balaban J connectivity index is 2.60. The summed E-state index contributed by atoms with van der Waals surface area (Å²) in [5.41, 5.74) is -0.970. The highest BCUT2D eigenvalue weighted by Gasteiger charge is 2.44. The number of cyclic esters (lactones) is 1. The first-order valence-corrected chi connectivity index (χ1v) is 5.41. The molecule has 5 heteroatoms. The van der Waals surface area contributed by atoms with Gasteiger partial charge >= 0.3 is 11.9 Å². The minimum atomic E-state index is -1.19. The van der Waals surface area contributed by atoms with Crippen LogP contribution in [-0.2, 0) is 23.9 Å². The molecule has 1 atom stereocenters. The number of hydrogen-bond donors (Lipinski definition) is 0. The van der Waals surface area contributed by atoms with Crippen LogP contribution in [0.15, 0.2) is 12.2 Å². The average Bonchev–Trinajstić information content (AvgIpc) is 2.29. The van der Waals surface area contributed by atoms with E-state index in [0.29, 0.717) is 19.4 Å².